The second-order valence-electron chi connectivity index (χ2n) is 5.84. The molecule has 0 saturated carbocycles. The van der Waals surface area contributed by atoms with Crippen molar-refractivity contribution in [3.8, 4) is 5.75 Å². The van der Waals surface area contributed by atoms with Gasteiger partial charge in [-0.25, -0.2) is 4.79 Å². The van der Waals surface area contributed by atoms with Gasteiger partial charge in [0, 0.05) is 18.2 Å². The van der Waals surface area contributed by atoms with Crippen LogP contribution in [-0.2, 0) is 4.74 Å². The third kappa shape index (κ3) is 6.07. The smallest absolute Gasteiger partial charge is 0.433 e. The van der Waals surface area contributed by atoms with Crippen LogP contribution in [-0.4, -0.2) is 36.7 Å². The maximum Gasteiger partial charge on any atom is 0.433 e. The number of ether oxygens (including phenoxy) is 2. The van der Waals surface area contributed by atoms with E-state index in [0.29, 0.717) is 0 Å². The Kier molecular flexibility index (Phi) is 6.19. The highest BCUT2D eigenvalue weighted by Gasteiger charge is 2.37. The summed E-state index contributed by atoms with van der Waals surface area (Å²) in [4.78, 5) is 11.8. The first-order valence-corrected chi connectivity index (χ1v) is 7.07. The van der Waals surface area contributed by atoms with E-state index in [-0.39, 0.29) is 24.6 Å². The standard InChI is InChI=1S/C15H20F3N3O3/c1-14(2,3)24-13(22)21-11-8-9(23-7-6-19)4-5-10(11)12(20)15(16,17)18/h4-5,8,20H,6-7,19H2,1-3H3,(H,21,22). The maximum absolute atomic E-state index is 12.8. The molecule has 0 spiro atoms. The number of hydrogen-bond acceptors (Lipinski definition) is 5. The Bertz CT molecular complexity index is 610. The van der Waals surface area contributed by atoms with Gasteiger partial charge in [0.05, 0.1) is 5.69 Å². The van der Waals surface area contributed by atoms with Crippen molar-refractivity contribution in [1.29, 1.82) is 5.41 Å². The zero-order chi connectivity index (χ0) is 18.5. The molecule has 1 amide bonds. The molecule has 0 unspecified atom stereocenters. The lowest BCUT2D eigenvalue weighted by Gasteiger charge is -2.21. The van der Waals surface area contributed by atoms with Gasteiger partial charge in [0.25, 0.3) is 0 Å². The topological polar surface area (TPSA) is 97.4 Å². The van der Waals surface area contributed by atoms with Gasteiger partial charge < -0.3 is 15.2 Å². The van der Waals surface area contributed by atoms with Crippen LogP contribution < -0.4 is 15.8 Å². The molecule has 9 heteroatoms. The van der Waals surface area contributed by atoms with Crippen LogP contribution in [0.25, 0.3) is 0 Å². The largest absolute Gasteiger partial charge is 0.492 e. The summed E-state index contributed by atoms with van der Waals surface area (Å²) < 4.78 is 48.7. The van der Waals surface area contributed by atoms with Gasteiger partial charge in [-0.15, -0.1) is 0 Å². The summed E-state index contributed by atoms with van der Waals surface area (Å²) in [6.45, 7) is 5.22. The molecular weight excluding hydrogens is 327 g/mol. The summed E-state index contributed by atoms with van der Waals surface area (Å²) in [7, 11) is 0. The molecule has 1 aromatic carbocycles. The van der Waals surface area contributed by atoms with Gasteiger partial charge in [-0.05, 0) is 32.9 Å². The molecule has 1 rings (SSSR count). The monoisotopic (exact) mass is 347 g/mol. The predicted octanol–water partition coefficient (Wildman–Crippen LogP) is 3.30. The number of benzene rings is 1. The summed E-state index contributed by atoms with van der Waals surface area (Å²) in [5, 5.41) is 9.50. The molecular formula is C15H20F3N3O3. The Morgan fingerprint density at radius 3 is 2.42 bits per heavy atom. The Hall–Kier alpha value is -2.29. The molecule has 4 N–H and O–H groups in total. The van der Waals surface area contributed by atoms with Crippen LogP contribution in [0, 0.1) is 5.41 Å². The number of amides is 1. The molecule has 0 heterocycles. The third-order valence-corrected chi connectivity index (χ3v) is 2.57. The van der Waals surface area contributed by atoms with Crippen molar-refractivity contribution in [3.63, 3.8) is 0 Å². The van der Waals surface area contributed by atoms with E-state index in [1.54, 1.807) is 20.8 Å². The van der Waals surface area contributed by atoms with Crippen LogP contribution in [0.3, 0.4) is 0 Å². The van der Waals surface area contributed by atoms with Crippen molar-refractivity contribution < 1.29 is 27.4 Å². The number of carbonyl (C=O) groups is 1. The first kappa shape index (κ1) is 19.8. The molecule has 0 radical (unpaired) electrons. The van der Waals surface area contributed by atoms with Gasteiger partial charge in [0.15, 0.2) is 0 Å². The number of rotatable bonds is 5. The fraction of sp³-hybridized carbons (Fsp3) is 0.467. The number of anilines is 1. The minimum atomic E-state index is -4.86. The molecule has 24 heavy (non-hydrogen) atoms. The summed E-state index contributed by atoms with van der Waals surface area (Å²) in [5.74, 6) is 0.213. The molecule has 0 aromatic heterocycles. The number of alkyl halides is 3. The highest BCUT2D eigenvalue weighted by molar-refractivity contribution is 6.08. The average molecular weight is 347 g/mol. The van der Waals surface area contributed by atoms with E-state index < -0.39 is 29.1 Å². The minimum absolute atomic E-state index is 0.155. The zero-order valence-corrected chi connectivity index (χ0v) is 13.6. The average Bonchev–Trinajstić information content (AvgIpc) is 2.41. The lowest BCUT2D eigenvalue weighted by molar-refractivity contribution is -0.0587. The lowest BCUT2D eigenvalue weighted by Crippen LogP contribution is -2.29. The van der Waals surface area contributed by atoms with E-state index >= 15 is 0 Å². The molecule has 0 aliphatic rings. The first-order valence-electron chi connectivity index (χ1n) is 7.07. The van der Waals surface area contributed by atoms with Gasteiger partial charge in [-0.3, -0.25) is 10.7 Å². The normalized spacial score (nSPS) is 11.8. The molecule has 0 atom stereocenters. The van der Waals surface area contributed by atoms with Crippen LogP contribution >= 0.6 is 0 Å². The van der Waals surface area contributed by atoms with E-state index in [0.717, 1.165) is 6.07 Å². The first-order chi connectivity index (χ1) is 10.9. The van der Waals surface area contributed by atoms with Crippen molar-refractivity contribution in [3.05, 3.63) is 23.8 Å². The van der Waals surface area contributed by atoms with Crippen molar-refractivity contribution in [2.75, 3.05) is 18.5 Å². The molecule has 0 aliphatic carbocycles. The Labute approximate surface area is 137 Å². The molecule has 0 fully saturated rings. The molecule has 0 saturated heterocycles. The van der Waals surface area contributed by atoms with E-state index in [2.05, 4.69) is 5.32 Å². The van der Waals surface area contributed by atoms with Crippen molar-refractivity contribution in [2.24, 2.45) is 5.73 Å². The van der Waals surface area contributed by atoms with Crippen molar-refractivity contribution in [1.82, 2.24) is 0 Å². The van der Waals surface area contributed by atoms with Gasteiger partial charge >= 0.3 is 12.3 Å². The van der Waals surface area contributed by atoms with Gasteiger partial charge in [-0.1, -0.05) is 0 Å². The summed E-state index contributed by atoms with van der Waals surface area (Å²) in [5.41, 5.74) is 2.17. The zero-order valence-electron chi connectivity index (χ0n) is 13.6. The van der Waals surface area contributed by atoms with Crippen molar-refractivity contribution >= 4 is 17.5 Å². The lowest BCUT2D eigenvalue weighted by atomic mass is 10.1. The Morgan fingerprint density at radius 2 is 1.92 bits per heavy atom. The highest BCUT2D eigenvalue weighted by Crippen LogP contribution is 2.29. The number of nitrogens with one attached hydrogen (secondary N) is 2. The van der Waals surface area contributed by atoms with Crippen LogP contribution in [0.1, 0.15) is 26.3 Å². The fourth-order valence-electron chi connectivity index (χ4n) is 1.68. The number of carbonyl (C=O) groups excluding carboxylic acids is 1. The van der Waals surface area contributed by atoms with Crippen LogP contribution in [0.2, 0.25) is 0 Å². The van der Waals surface area contributed by atoms with E-state index in [9.17, 15) is 18.0 Å². The Balaban J connectivity index is 3.15. The molecule has 1 aromatic rings. The van der Waals surface area contributed by atoms with Crippen LogP contribution in [0.5, 0.6) is 5.75 Å². The second-order valence-corrected chi connectivity index (χ2v) is 5.84. The summed E-state index contributed by atoms with van der Waals surface area (Å²) in [6, 6.07) is 3.51. The van der Waals surface area contributed by atoms with E-state index in [4.69, 9.17) is 20.6 Å². The van der Waals surface area contributed by atoms with Crippen LogP contribution in [0.15, 0.2) is 18.2 Å². The molecule has 134 valence electrons. The summed E-state index contributed by atoms with van der Waals surface area (Å²) >= 11 is 0. The molecule has 0 bridgehead atoms. The number of nitrogens with two attached hydrogens (primary N) is 1. The number of hydrogen-bond donors (Lipinski definition) is 3. The fourth-order valence-corrected chi connectivity index (χ4v) is 1.68. The second kappa shape index (κ2) is 7.52. The highest BCUT2D eigenvalue weighted by atomic mass is 19.4. The van der Waals surface area contributed by atoms with Crippen LogP contribution in [0.4, 0.5) is 23.7 Å². The maximum atomic E-state index is 12.8. The van der Waals surface area contributed by atoms with E-state index in [1.165, 1.54) is 12.1 Å². The molecule has 0 aliphatic heterocycles. The van der Waals surface area contributed by atoms with Gasteiger partial charge in [-0.2, -0.15) is 13.2 Å². The predicted molar refractivity (Wildman–Crippen MR) is 83.7 cm³/mol. The third-order valence-electron chi connectivity index (χ3n) is 2.57. The van der Waals surface area contributed by atoms with Crippen molar-refractivity contribution in [2.45, 2.75) is 32.5 Å². The SMILES string of the molecule is CC(C)(C)OC(=O)Nc1cc(OCCN)ccc1C(=N)C(F)(F)F. The molecule has 6 nitrogen and oxygen atoms in total. The van der Waals surface area contributed by atoms with E-state index in [1.807, 2.05) is 0 Å². The van der Waals surface area contributed by atoms with Gasteiger partial charge in [0.1, 0.15) is 23.7 Å². The number of halogens is 3. The minimum Gasteiger partial charge on any atom is -0.492 e. The Morgan fingerprint density at radius 1 is 1.29 bits per heavy atom. The van der Waals surface area contributed by atoms with Gasteiger partial charge in [0.2, 0.25) is 0 Å². The summed E-state index contributed by atoms with van der Waals surface area (Å²) in [6.07, 6.45) is -5.79. The quantitative estimate of drug-likeness (QED) is 0.712.